The Morgan fingerprint density at radius 3 is 2.69 bits per heavy atom. The molecule has 4 nitrogen and oxygen atoms in total. The summed E-state index contributed by atoms with van der Waals surface area (Å²) in [5, 5.41) is 0. The maximum absolute atomic E-state index is 12.2. The summed E-state index contributed by atoms with van der Waals surface area (Å²) in [6.07, 6.45) is 4.37. The predicted molar refractivity (Wildman–Crippen MR) is 66.3 cm³/mol. The number of likely N-dealkylation sites (tertiary alicyclic amines) is 1. The molecule has 0 spiro atoms. The molecule has 94 valence electrons. The van der Waals surface area contributed by atoms with E-state index in [0.29, 0.717) is 6.04 Å². The van der Waals surface area contributed by atoms with Crippen molar-refractivity contribution in [3.8, 4) is 0 Å². The smallest absolute Gasteiger partial charge is 0.320 e. The summed E-state index contributed by atoms with van der Waals surface area (Å²) in [6.45, 7) is 7.32. The zero-order valence-corrected chi connectivity index (χ0v) is 10.6. The number of carbonyl (C=O) groups is 1. The van der Waals surface area contributed by atoms with Crippen LogP contribution in [0.4, 0.5) is 4.79 Å². The van der Waals surface area contributed by atoms with Crippen molar-refractivity contribution in [2.75, 3.05) is 26.2 Å². The summed E-state index contributed by atoms with van der Waals surface area (Å²) < 4.78 is 0. The molecular weight excluding hydrogens is 202 g/mol. The lowest BCUT2D eigenvalue weighted by atomic mass is 10.1. The SMILES string of the molecule is CCN(CC)C(=O)N1CCCC1CCCN. The van der Waals surface area contributed by atoms with Crippen LogP contribution >= 0.6 is 0 Å². The van der Waals surface area contributed by atoms with Crippen LogP contribution in [0.15, 0.2) is 0 Å². The van der Waals surface area contributed by atoms with E-state index in [9.17, 15) is 4.79 Å². The molecule has 1 atom stereocenters. The molecule has 1 rings (SSSR count). The van der Waals surface area contributed by atoms with E-state index < -0.39 is 0 Å². The van der Waals surface area contributed by atoms with E-state index in [1.807, 2.05) is 23.6 Å². The van der Waals surface area contributed by atoms with E-state index >= 15 is 0 Å². The summed E-state index contributed by atoms with van der Waals surface area (Å²) in [5.74, 6) is 0. The second-order valence-corrected chi connectivity index (χ2v) is 4.38. The van der Waals surface area contributed by atoms with E-state index in [4.69, 9.17) is 5.73 Å². The van der Waals surface area contributed by atoms with E-state index in [1.165, 1.54) is 0 Å². The van der Waals surface area contributed by atoms with Crippen molar-refractivity contribution in [3.63, 3.8) is 0 Å². The Morgan fingerprint density at radius 1 is 1.44 bits per heavy atom. The minimum Gasteiger partial charge on any atom is -0.330 e. The molecule has 1 heterocycles. The predicted octanol–water partition coefficient (Wildman–Crippen LogP) is 1.65. The molecule has 0 saturated carbocycles. The van der Waals surface area contributed by atoms with Gasteiger partial charge >= 0.3 is 6.03 Å². The fourth-order valence-electron chi connectivity index (χ4n) is 2.42. The molecular formula is C12H25N3O. The molecule has 0 aromatic rings. The number of carbonyl (C=O) groups excluding carboxylic acids is 1. The second kappa shape index (κ2) is 6.74. The third kappa shape index (κ3) is 3.11. The first kappa shape index (κ1) is 13.3. The van der Waals surface area contributed by atoms with Gasteiger partial charge in [-0.3, -0.25) is 0 Å². The van der Waals surface area contributed by atoms with E-state index in [1.54, 1.807) is 0 Å². The first-order chi connectivity index (χ1) is 7.74. The van der Waals surface area contributed by atoms with Crippen LogP contribution in [0, 0.1) is 0 Å². The van der Waals surface area contributed by atoms with Gasteiger partial charge in [-0.05, 0) is 46.1 Å². The summed E-state index contributed by atoms with van der Waals surface area (Å²) in [4.78, 5) is 16.1. The van der Waals surface area contributed by atoms with E-state index in [2.05, 4.69) is 0 Å². The van der Waals surface area contributed by atoms with E-state index in [0.717, 1.165) is 51.9 Å². The normalized spacial score (nSPS) is 20.2. The Hall–Kier alpha value is -0.770. The fraction of sp³-hybridized carbons (Fsp3) is 0.917. The van der Waals surface area contributed by atoms with Gasteiger partial charge in [-0.2, -0.15) is 0 Å². The van der Waals surface area contributed by atoms with Crippen molar-refractivity contribution in [2.45, 2.75) is 45.6 Å². The van der Waals surface area contributed by atoms with Crippen LogP contribution in [-0.4, -0.2) is 48.1 Å². The molecule has 4 heteroatoms. The molecule has 1 aliphatic rings. The third-order valence-electron chi connectivity index (χ3n) is 3.40. The highest BCUT2D eigenvalue weighted by atomic mass is 16.2. The maximum Gasteiger partial charge on any atom is 0.320 e. The highest BCUT2D eigenvalue weighted by Crippen LogP contribution is 2.22. The van der Waals surface area contributed by atoms with Crippen molar-refractivity contribution in [2.24, 2.45) is 5.73 Å². The second-order valence-electron chi connectivity index (χ2n) is 4.38. The Kier molecular flexibility index (Phi) is 5.60. The largest absolute Gasteiger partial charge is 0.330 e. The molecule has 1 fully saturated rings. The molecule has 0 radical (unpaired) electrons. The van der Waals surface area contributed by atoms with Crippen molar-refractivity contribution in [3.05, 3.63) is 0 Å². The minimum atomic E-state index is 0.213. The Labute approximate surface area is 98.8 Å². The van der Waals surface area contributed by atoms with Crippen LogP contribution in [0.1, 0.15) is 39.5 Å². The number of hydrogen-bond donors (Lipinski definition) is 1. The van der Waals surface area contributed by atoms with Crippen LogP contribution in [0.3, 0.4) is 0 Å². The van der Waals surface area contributed by atoms with Gasteiger partial charge in [0.1, 0.15) is 0 Å². The van der Waals surface area contributed by atoms with Gasteiger partial charge in [0, 0.05) is 25.7 Å². The van der Waals surface area contributed by atoms with Crippen LogP contribution in [0.5, 0.6) is 0 Å². The number of amides is 2. The van der Waals surface area contributed by atoms with Gasteiger partial charge < -0.3 is 15.5 Å². The molecule has 1 aliphatic heterocycles. The molecule has 1 saturated heterocycles. The van der Waals surface area contributed by atoms with Gasteiger partial charge in [-0.1, -0.05) is 0 Å². The van der Waals surface area contributed by atoms with Gasteiger partial charge in [0.2, 0.25) is 0 Å². The van der Waals surface area contributed by atoms with Crippen molar-refractivity contribution in [1.29, 1.82) is 0 Å². The molecule has 16 heavy (non-hydrogen) atoms. The molecule has 0 bridgehead atoms. The molecule has 2 N–H and O–H groups in total. The monoisotopic (exact) mass is 227 g/mol. The summed E-state index contributed by atoms with van der Waals surface area (Å²) in [6, 6.07) is 0.640. The van der Waals surface area contributed by atoms with Crippen LogP contribution in [-0.2, 0) is 0 Å². The minimum absolute atomic E-state index is 0.213. The summed E-state index contributed by atoms with van der Waals surface area (Å²) >= 11 is 0. The first-order valence-corrected chi connectivity index (χ1v) is 6.50. The zero-order chi connectivity index (χ0) is 12.0. The third-order valence-corrected chi connectivity index (χ3v) is 3.40. The Morgan fingerprint density at radius 2 is 2.12 bits per heavy atom. The highest BCUT2D eigenvalue weighted by Gasteiger charge is 2.30. The lowest BCUT2D eigenvalue weighted by Gasteiger charge is -2.30. The number of rotatable bonds is 5. The van der Waals surface area contributed by atoms with Gasteiger partial charge in [0.25, 0.3) is 0 Å². The van der Waals surface area contributed by atoms with Gasteiger partial charge in [0.05, 0.1) is 0 Å². The number of urea groups is 1. The maximum atomic E-state index is 12.2. The van der Waals surface area contributed by atoms with Crippen LogP contribution in [0.25, 0.3) is 0 Å². The number of hydrogen-bond acceptors (Lipinski definition) is 2. The first-order valence-electron chi connectivity index (χ1n) is 6.50. The number of nitrogens with two attached hydrogens (primary N) is 1. The lowest BCUT2D eigenvalue weighted by molar-refractivity contribution is 0.150. The Bertz CT molecular complexity index is 216. The molecule has 2 amide bonds. The summed E-state index contributed by atoms with van der Waals surface area (Å²) in [5.41, 5.74) is 5.53. The topological polar surface area (TPSA) is 49.6 Å². The van der Waals surface area contributed by atoms with Crippen LogP contribution in [0.2, 0.25) is 0 Å². The van der Waals surface area contributed by atoms with Gasteiger partial charge in [0.15, 0.2) is 0 Å². The highest BCUT2D eigenvalue weighted by molar-refractivity contribution is 5.75. The molecule has 1 unspecified atom stereocenters. The van der Waals surface area contributed by atoms with Crippen molar-refractivity contribution < 1.29 is 4.79 Å². The molecule has 0 aliphatic carbocycles. The quantitative estimate of drug-likeness (QED) is 0.776. The lowest BCUT2D eigenvalue weighted by Crippen LogP contribution is -2.45. The molecule has 0 aromatic heterocycles. The fourth-order valence-corrected chi connectivity index (χ4v) is 2.42. The average molecular weight is 227 g/mol. The Balaban J connectivity index is 2.52. The standard InChI is InChI=1S/C12H25N3O/c1-3-14(4-2)12(16)15-10-6-8-11(15)7-5-9-13/h11H,3-10,13H2,1-2H3. The van der Waals surface area contributed by atoms with Crippen LogP contribution < -0.4 is 5.73 Å². The van der Waals surface area contributed by atoms with Gasteiger partial charge in [-0.15, -0.1) is 0 Å². The summed E-state index contributed by atoms with van der Waals surface area (Å²) in [7, 11) is 0. The van der Waals surface area contributed by atoms with E-state index in [-0.39, 0.29) is 6.03 Å². The number of nitrogens with zero attached hydrogens (tertiary/aromatic N) is 2. The van der Waals surface area contributed by atoms with Crippen molar-refractivity contribution in [1.82, 2.24) is 9.80 Å². The molecule has 0 aromatic carbocycles. The van der Waals surface area contributed by atoms with Crippen molar-refractivity contribution >= 4 is 6.03 Å². The average Bonchev–Trinajstić information content (AvgIpc) is 2.75. The van der Waals surface area contributed by atoms with Gasteiger partial charge in [-0.25, -0.2) is 4.79 Å². The zero-order valence-electron chi connectivity index (χ0n) is 10.6.